The van der Waals surface area contributed by atoms with Gasteiger partial charge in [-0.25, -0.2) is 4.98 Å². The van der Waals surface area contributed by atoms with Crippen LogP contribution in [0.3, 0.4) is 0 Å². The van der Waals surface area contributed by atoms with Crippen LogP contribution in [0.15, 0.2) is 34.9 Å². The fourth-order valence-corrected chi connectivity index (χ4v) is 1.54. The first-order valence-electron chi connectivity index (χ1n) is 5.16. The monoisotopic (exact) mass is 215 g/mol. The van der Waals surface area contributed by atoms with Gasteiger partial charge >= 0.3 is 0 Å². The van der Waals surface area contributed by atoms with Crippen LogP contribution in [0.2, 0.25) is 0 Å². The van der Waals surface area contributed by atoms with E-state index in [1.54, 1.807) is 13.2 Å². The van der Waals surface area contributed by atoms with E-state index in [1.807, 2.05) is 31.2 Å². The standard InChI is InChI=1S/C13H13NO2/c1-9-8-16-13(14-9)12-5-3-11(4-6-12)7-10(2)15/h3-6,8H,7H2,1-2H3. The number of ketones is 1. The molecule has 0 spiro atoms. The summed E-state index contributed by atoms with van der Waals surface area (Å²) in [6.45, 7) is 3.47. The van der Waals surface area contributed by atoms with E-state index in [9.17, 15) is 4.79 Å². The Hall–Kier alpha value is -1.90. The van der Waals surface area contributed by atoms with Gasteiger partial charge in [0.05, 0.1) is 5.69 Å². The first-order chi connectivity index (χ1) is 7.65. The maximum Gasteiger partial charge on any atom is 0.226 e. The van der Waals surface area contributed by atoms with E-state index < -0.39 is 0 Å². The molecule has 0 bridgehead atoms. The predicted molar refractivity (Wildman–Crippen MR) is 61.1 cm³/mol. The Morgan fingerprint density at radius 2 is 2.00 bits per heavy atom. The summed E-state index contributed by atoms with van der Waals surface area (Å²) in [6, 6.07) is 7.69. The molecule has 0 N–H and O–H groups in total. The van der Waals surface area contributed by atoms with Crippen molar-refractivity contribution >= 4 is 5.78 Å². The first kappa shape index (κ1) is 10.6. The predicted octanol–water partition coefficient (Wildman–Crippen LogP) is 2.78. The fourth-order valence-electron chi connectivity index (χ4n) is 1.54. The number of aromatic nitrogens is 1. The highest BCUT2D eigenvalue weighted by Gasteiger charge is 2.04. The molecule has 0 fully saturated rings. The van der Waals surface area contributed by atoms with Gasteiger partial charge in [0.15, 0.2) is 0 Å². The van der Waals surface area contributed by atoms with Gasteiger partial charge in [0, 0.05) is 12.0 Å². The second-order valence-corrected chi connectivity index (χ2v) is 3.87. The molecule has 1 aromatic carbocycles. The van der Waals surface area contributed by atoms with Crippen LogP contribution >= 0.6 is 0 Å². The van der Waals surface area contributed by atoms with Crippen molar-refractivity contribution < 1.29 is 9.21 Å². The van der Waals surface area contributed by atoms with Crippen LogP contribution in [0.5, 0.6) is 0 Å². The second-order valence-electron chi connectivity index (χ2n) is 3.87. The largest absolute Gasteiger partial charge is 0.444 e. The van der Waals surface area contributed by atoms with Crippen LogP contribution in [-0.4, -0.2) is 10.8 Å². The van der Waals surface area contributed by atoms with Gasteiger partial charge in [0.2, 0.25) is 5.89 Å². The minimum atomic E-state index is 0.166. The summed E-state index contributed by atoms with van der Waals surface area (Å²) < 4.78 is 5.29. The lowest BCUT2D eigenvalue weighted by molar-refractivity contribution is -0.116. The van der Waals surface area contributed by atoms with Gasteiger partial charge < -0.3 is 4.42 Å². The van der Waals surface area contributed by atoms with E-state index in [2.05, 4.69) is 4.98 Å². The third-order valence-corrected chi connectivity index (χ3v) is 2.27. The zero-order valence-electron chi connectivity index (χ0n) is 9.36. The van der Waals surface area contributed by atoms with Gasteiger partial charge in [0.1, 0.15) is 12.0 Å². The Labute approximate surface area is 94.1 Å². The van der Waals surface area contributed by atoms with Crippen molar-refractivity contribution in [1.82, 2.24) is 4.98 Å². The quantitative estimate of drug-likeness (QED) is 0.790. The zero-order chi connectivity index (χ0) is 11.5. The summed E-state index contributed by atoms with van der Waals surface area (Å²) in [6.07, 6.45) is 2.10. The third kappa shape index (κ3) is 2.37. The SMILES string of the molecule is CC(=O)Cc1ccc(-c2nc(C)co2)cc1. The van der Waals surface area contributed by atoms with Gasteiger partial charge in [-0.15, -0.1) is 0 Å². The lowest BCUT2D eigenvalue weighted by Crippen LogP contribution is -1.95. The number of hydrogen-bond donors (Lipinski definition) is 0. The molecule has 0 unspecified atom stereocenters. The Kier molecular flexibility index (Phi) is 2.86. The van der Waals surface area contributed by atoms with Crippen LogP contribution in [0.1, 0.15) is 18.2 Å². The number of benzene rings is 1. The smallest absolute Gasteiger partial charge is 0.226 e. The molecule has 2 aromatic rings. The molecular weight excluding hydrogens is 202 g/mol. The summed E-state index contributed by atoms with van der Waals surface area (Å²) >= 11 is 0. The van der Waals surface area contributed by atoms with Crippen molar-refractivity contribution in [2.75, 3.05) is 0 Å². The van der Waals surface area contributed by atoms with E-state index in [0.717, 1.165) is 16.8 Å². The van der Waals surface area contributed by atoms with Crippen LogP contribution < -0.4 is 0 Å². The lowest BCUT2D eigenvalue weighted by Gasteiger charge is -1.99. The highest BCUT2D eigenvalue weighted by atomic mass is 16.3. The molecule has 16 heavy (non-hydrogen) atoms. The minimum Gasteiger partial charge on any atom is -0.444 e. The first-order valence-corrected chi connectivity index (χ1v) is 5.16. The maximum atomic E-state index is 10.9. The number of oxazole rings is 1. The fraction of sp³-hybridized carbons (Fsp3) is 0.231. The highest BCUT2D eigenvalue weighted by Crippen LogP contribution is 2.19. The Bertz CT molecular complexity index is 497. The molecule has 1 aromatic heterocycles. The van der Waals surface area contributed by atoms with Crippen molar-refractivity contribution in [2.24, 2.45) is 0 Å². The summed E-state index contributed by atoms with van der Waals surface area (Å²) in [7, 11) is 0. The van der Waals surface area contributed by atoms with Crippen LogP contribution in [0.25, 0.3) is 11.5 Å². The van der Waals surface area contributed by atoms with Crippen molar-refractivity contribution in [3.63, 3.8) is 0 Å². The van der Waals surface area contributed by atoms with E-state index >= 15 is 0 Å². The molecule has 0 aliphatic carbocycles. The average molecular weight is 215 g/mol. The lowest BCUT2D eigenvalue weighted by atomic mass is 10.1. The van der Waals surface area contributed by atoms with Crippen molar-refractivity contribution in [2.45, 2.75) is 20.3 Å². The molecular formula is C13H13NO2. The van der Waals surface area contributed by atoms with E-state index in [0.29, 0.717) is 12.3 Å². The third-order valence-electron chi connectivity index (χ3n) is 2.27. The summed E-state index contributed by atoms with van der Waals surface area (Å²) in [5.41, 5.74) is 2.81. The highest BCUT2D eigenvalue weighted by molar-refractivity contribution is 5.78. The molecule has 82 valence electrons. The van der Waals surface area contributed by atoms with Crippen molar-refractivity contribution in [3.05, 3.63) is 41.8 Å². The number of nitrogens with zero attached hydrogens (tertiary/aromatic N) is 1. The molecule has 3 heteroatoms. The summed E-state index contributed by atoms with van der Waals surface area (Å²) in [4.78, 5) is 15.2. The van der Waals surface area contributed by atoms with Gasteiger partial charge in [-0.05, 0) is 31.5 Å². The van der Waals surface area contributed by atoms with E-state index in [1.165, 1.54) is 0 Å². The molecule has 2 rings (SSSR count). The Morgan fingerprint density at radius 3 is 2.50 bits per heavy atom. The molecule has 1 heterocycles. The maximum absolute atomic E-state index is 10.9. The molecule has 3 nitrogen and oxygen atoms in total. The number of carbonyl (C=O) groups is 1. The summed E-state index contributed by atoms with van der Waals surface area (Å²) in [5.74, 6) is 0.784. The van der Waals surface area contributed by atoms with Crippen LogP contribution in [0.4, 0.5) is 0 Å². The van der Waals surface area contributed by atoms with Gasteiger partial charge in [-0.3, -0.25) is 4.79 Å². The molecule has 0 saturated heterocycles. The molecule has 0 aliphatic rings. The average Bonchev–Trinajstić information content (AvgIpc) is 2.65. The number of aryl methyl sites for hydroxylation is 1. The normalized spacial score (nSPS) is 10.4. The van der Waals surface area contributed by atoms with E-state index in [4.69, 9.17) is 4.42 Å². The molecule has 0 amide bonds. The molecule has 0 aliphatic heterocycles. The summed E-state index contributed by atoms with van der Waals surface area (Å²) in [5, 5.41) is 0. The Balaban J connectivity index is 2.22. The number of Topliss-reactive ketones (excluding diaryl/α,β-unsaturated/α-hetero) is 1. The number of rotatable bonds is 3. The van der Waals surface area contributed by atoms with Gasteiger partial charge in [-0.1, -0.05) is 12.1 Å². The van der Waals surface area contributed by atoms with Crippen molar-refractivity contribution in [1.29, 1.82) is 0 Å². The molecule has 0 saturated carbocycles. The topological polar surface area (TPSA) is 43.1 Å². The zero-order valence-corrected chi connectivity index (χ0v) is 9.36. The van der Waals surface area contributed by atoms with Gasteiger partial charge in [-0.2, -0.15) is 0 Å². The molecule has 0 radical (unpaired) electrons. The minimum absolute atomic E-state index is 0.166. The van der Waals surface area contributed by atoms with E-state index in [-0.39, 0.29) is 5.78 Å². The van der Waals surface area contributed by atoms with Gasteiger partial charge in [0.25, 0.3) is 0 Å². The number of hydrogen-bond acceptors (Lipinski definition) is 3. The second kappa shape index (κ2) is 4.31. The van der Waals surface area contributed by atoms with Crippen LogP contribution in [-0.2, 0) is 11.2 Å². The number of carbonyl (C=O) groups excluding carboxylic acids is 1. The molecule has 0 atom stereocenters. The van der Waals surface area contributed by atoms with Crippen molar-refractivity contribution in [3.8, 4) is 11.5 Å². The Morgan fingerprint density at radius 1 is 1.31 bits per heavy atom. The van der Waals surface area contributed by atoms with Crippen LogP contribution in [0, 0.1) is 6.92 Å².